The highest BCUT2D eigenvalue weighted by Crippen LogP contribution is 2.20. The quantitative estimate of drug-likeness (QED) is 0.683. The van der Waals surface area contributed by atoms with E-state index < -0.39 is 0 Å². The molecule has 1 aliphatic rings. The van der Waals surface area contributed by atoms with Crippen LogP contribution in [0.2, 0.25) is 0 Å². The average Bonchev–Trinajstić information content (AvgIpc) is 2.30. The van der Waals surface area contributed by atoms with Gasteiger partial charge in [-0.05, 0) is 53.7 Å². The lowest BCUT2D eigenvalue weighted by Crippen LogP contribution is -2.14. The Morgan fingerprint density at radius 2 is 2.29 bits per heavy atom. The zero-order valence-electron chi connectivity index (χ0n) is 9.58. The second-order valence-electron chi connectivity index (χ2n) is 4.18. The van der Waals surface area contributed by atoms with Gasteiger partial charge in [0.05, 0.1) is 0 Å². The fourth-order valence-corrected chi connectivity index (χ4v) is 2.28. The fraction of sp³-hybridized carbons (Fsp3) is 0.385. The van der Waals surface area contributed by atoms with Crippen LogP contribution in [0.3, 0.4) is 0 Å². The molecule has 1 heterocycles. The minimum Gasteiger partial charge on any atom is -0.310 e. The average molecular weight is 295 g/mol. The lowest BCUT2D eigenvalue weighted by Gasteiger charge is -2.12. The molecule has 90 valence electrons. The third kappa shape index (κ3) is 3.97. The molecule has 0 spiro atoms. The van der Waals surface area contributed by atoms with Gasteiger partial charge in [-0.2, -0.15) is 0 Å². The van der Waals surface area contributed by atoms with Crippen molar-refractivity contribution in [1.29, 1.82) is 0 Å². The molecule has 0 radical (unpaired) electrons. The first kappa shape index (κ1) is 12.3. The highest BCUT2D eigenvalue weighted by Gasteiger charge is 2.09. The predicted molar refractivity (Wildman–Crippen MR) is 71.7 cm³/mol. The molecule has 0 bridgehead atoms. The van der Waals surface area contributed by atoms with Gasteiger partial charge in [-0.1, -0.05) is 17.7 Å². The second-order valence-corrected chi connectivity index (χ2v) is 4.99. The monoisotopic (exact) mass is 294 g/mol. The van der Waals surface area contributed by atoms with Gasteiger partial charge in [0, 0.05) is 6.42 Å². The number of aromatic nitrogens is 1. The van der Waals surface area contributed by atoms with E-state index >= 15 is 0 Å². The van der Waals surface area contributed by atoms with Gasteiger partial charge in [0.1, 0.15) is 10.4 Å². The summed E-state index contributed by atoms with van der Waals surface area (Å²) < 4.78 is 0.729. The normalized spacial score (nSPS) is 15.2. The molecule has 0 saturated carbocycles. The molecule has 1 amide bonds. The number of hydrogen-bond donors (Lipinski definition) is 1. The van der Waals surface area contributed by atoms with E-state index in [9.17, 15) is 4.79 Å². The summed E-state index contributed by atoms with van der Waals surface area (Å²) in [6.45, 7) is 0. The van der Waals surface area contributed by atoms with Crippen molar-refractivity contribution in [2.45, 2.75) is 32.1 Å². The van der Waals surface area contributed by atoms with E-state index in [2.05, 4.69) is 32.3 Å². The maximum Gasteiger partial charge on any atom is 0.229 e. The van der Waals surface area contributed by atoms with Crippen molar-refractivity contribution in [2.75, 3.05) is 5.32 Å². The first-order valence-corrected chi connectivity index (χ1v) is 6.63. The van der Waals surface area contributed by atoms with Crippen LogP contribution in [0.25, 0.3) is 0 Å². The highest BCUT2D eigenvalue weighted by molar-refractivity contribution is 9.10. The summed E-state index contributed by atoms with van der Waals surface area (Å²) in [6.07, 6.45) is 7.30. The molecule has 2 rings (SSSR count). The number of hydrogen-bond acceptors (Lipinski definition) is 2. The minimum atomic E-state index is 0.0174. The van der Waals surface area contributed by atoms with Gasteiger partial charge in [0.15, 0.2) is 0 Å². The SMILES string of the molecule is O=C(CC1=CCCCC1)Nc1cccc(Br)n1. The number of allylic oxidation sites excluding steroid dienone is 1. The molecule has 1 aromatic rings. The molecule has 4 heteroatoms. The predicted octanol–water partition coefficient (Wildman–Crippen LogP) is 3.67. The summed E-state index contributed by atoms with van der Waals surface area (Å²) in [5.41, 5.74) is 1.25. The van der Waals surface area contributed by atoms with Gasteiger partial charge < -0.3 is 5.32 Å². The van der Waals surface area contributed by atoms with Crippen LogP contribution in [-0.4, -0.2) is 10.9 Å². The fourth-order valence-electron chi connectivity index (χ4n) is 1.94. The van der Waals surface area contributed by atoms with Gasteiger partial charge in [0.2, 0.25) is 5.91 Å². The number of carbonyl (C=O) groups excluding carboxylic acids is 1. The maximum atomic E-state index is 11.8. The lowest BCUT2D eigenvalue weighted by molar-refractivity contribution is -0.115. The molecule has 0 aliphatic heterocycles. The molecule has 0 atom stereocenters. The summed E-state index contributed by atoms with van der Waals surface area (Å²) >= 11 is 3.28. The van der Waals surface area contributed by atoms with Crippen molar-refractivity contribution in [2.24, 2.45) is 0 Å². The van der Waals surface area contributed by atoms with Gasteiger partial charge in [0.25, 0.3) is 0 Å². The Bertz CT molecular complexity index is 443. The molecule has 0 saturated heterocycles. The van der Waals surface area contributed by atoms with Gasteiger partial charge in [-0.25, -0.2) is 4.98 Å². The zero-order valence-corrected chi connectivity index (χ0v) is 11.2. The van der Waals surface area contributed by atoms with Crippen molar-refractivity contribution >= 4 is 27.7 Å². The van der Waals surface area contributed by atoms with E-state index in [1.165, 1.54) is 18.4 Å². The first-order valence-electron chi connectivity index (χ1n) is 5.84. The van der Waals surface area contributed by atoms with Crippen molar-refractivity contribution in [3.8, 4) is 0 Å². The molecule has 0 fully saturated rings. The Hall–Kier alpha value is -1.16. The molecule has 3 nitrogen and oxygen atoms in total. The number of pyridine rings is 1. The third-order valence-corrected chi connectivity index (χ3v) is 3.20. The van der Waals surface area contributed by atoms with E-state index in [0.717, 1.165) is 17.4 Å². The molecule has 1 N–H and O–H groups in total. The van der Waals surface area contributed by atoms with E-state index in [-0.39, 0.29) is 5.91 Å². The van der Waals surface area contributed by atoms with Crippen LogP contribution < -0.4 is 5.32 Å². The number of amides is 1. The standard InChI is InChI=1S/C13H15BrN2O/c14-11-7-4-8-12(15-11)16-13(17)9-10-5-2-1-3-6-10/h4-5,7-8H,1-3,6,9H2,(H,15,16,17). The number of carbonyl (C=O) groups is 1. The van der Waals surface area contributed by atoms with Crippen LogP contribution in [0.5, 0.6) is 0 Å². The van der Waals surface area contributed by atoms with Gasteiger partial charge >= 0.3 is 0 Å². The molecule has 0 unspecified atom stereocenters. The van der Waals surface area contributed by atoms with Crippen molar-refractivity contribution in [1.82, 2.24) is 4.98 Å². The molecular formula is C13H15BrN2O. The third-order valence-electron chi connectivity index (χ3n) is 2.76. The summed E-state index contributed by atoms with van der Waals surface area (Å²) in [4.78, 5) is 16.0. The number of halogens is 1. The largest absolute Gasteiger partial charge is 0.310 e. The summed E-state index contributed by atoms with van der Waals surface area (Å²) in [5.74, 6) is 0.615. The van der Waals surface area contributed by atoms with E-state index in [0.29, 0.717) is 12.2 Å². The smallest absolute Gasteiger partial charge is 0.229 e. The molecule has 17 heavy (non-hydrogen) atoms. The summed E-state index contributed by atoms with van der Waals surface area (Å²) in [6, 6.07) is 5.48. The van der Waals surface area contributed by atoms with Gasteiger partial charge in [-0.3, -0.25) is 4.79 Å². The van der Waals surface area contributed by atoms with Crippen molar-refractivity contribution in [3.05, 3.63) is 34.5 Å². The molecule has 1 aromatic heterocycles. The van der Waals surface area contributed by atoms with Crippen LogP contribution >= 0.6 is 15.9 Å². The number of anilines is 1. The number of nitrogens with zero attached hydrogens (tertiary/aromatic N) is 1. The minimum absolute atomic E-state index is 0.0174. The lowest BCUT2D eigenvalue weighted by atomic mass is 9.97. The van der Waals surface area contributed by atoms with Crippen LogP contribution in [-0.2, 0) is 4.79 Å². The highest BCUT2D eigenvalue weighted by atomic mass is 79.9. The summed E-state index contributed by atoms with van der Waals surface area (Å²) in [7, 11) is 0. The van der Waals surface area contributed by atoms with Gasteiger partial charge in [-0.15, -0.1) is 0 Å². The molecule has 1 aliphatic carbocycles. The Balaban J connectivity index is 1.91. The number of nitrogens with one attached hydrogen (secondary N) is 1. The zero-order chi connectivity index (χ0) is 12.1. The van der Waals surface area contributed by atoms with Crippen LogP contribution in [0.1, 0.15) is 32.1 Å². The van der Waals surface area contributed by atoms with E-state index in [4.69, 9.17) is 0 Å². The van der Waals surface area contributed by atoms with Crippen LogP contribution in [0.4, 0.5) is 5.82 Å². The second kappa shape index (κ2) is 5.96. The Kier molecular flexibility index (Phi) is 4.31. The van der Waals surface area contributed by atoms with Crippen LogP contribution in [0, 0.1) is 0 Å². The topological polar surface area (TPSA) is 42.0 Å². The van der Waals surface area contributed by atoms with Crippen molar-refractivity contribution in [3.63, 3.8) is 0 Å². The van der Waals surface area contributed by atoms with Crippen molar-refractivity contribution < 1.29 is 4.79 Å². The summed E-state index contributed by atoms with van der Waals surface area (Å²) in [5, 5.41) is 2.81. The molecule has 0 aromatic carbocycles. The Labute approximate surface area is 109 Å². The Morgan fingerprint density at radius 3 is 3.00 bits per heavy atom. The first-order chi connectivity index (χ1) is 8.24. The van der Waals surface area contributed by atoms with E-state index in [1.54, 1.807) is 6.07 Å². The number of rotatable bonds is 3. The Morgan fingerprint density at radius 1 is 1.41 bits per heavy atom. The van der Waals surface area contributed by atoms with Crippen LogP contribution in [0.15, 0.2) is 34.5 Å². The van der Waals surface area contributed by atoms with E-state index in [1.807, 2.05) is 12.1 Å². The maximum absolute atomic E-state index is 11.8. The molecular weight excluding hydrogens is 280 g/mol.